The smallest absolute Gasteiger partial charge is 0.399 e. The maximum atomic E-state index is 6.26. The second-order valence-electron chi connectivity index (χ2n) is 9.81. The molecule has 4 aromatic carbocycles. The summed E-state index contributed by atoms with van der Waals surface area (Å²) in [4.78, 5) is 0. The summed E-state index contributed by atoms with van der Waals surface area (Å²) < 4.78 is 12.5. The minimum Gasteiger partial charge on any atom is -0.399 e. The van der Waals surface area contributed by atoms with Crippen molar-refractivity contribution < 1.29 is 9.31 Å². The summed E-state index contributed by atoms with van der Waals surface area (Å²) in [6, 6.07) is 30.4. The average Bonchev–Trinajstić information content (AvgIpc) is 3.00. The van der Waals surface area contributed by atoms with E-state index in [0.29, 0.717) is 0 Å². The van der Waals surface area contributed by atoms with Gasteiger partial charge in [0.2, 0.25) is 0 Å². The third-order valence-corrected chi connectivity index (χ3v) is 7.03. The molecule has 0 unspecified atom stereocenters. The molecule has 0 spiro atoms. The van der Waals surface area contributed by atoms with Crippen molar-refractivity contribution in [3.63, 3.8) is 0 Å². The number of rotatable bonds is 3. The van der Waals surface area contributed by atoms with Gasteiger partial charge >= 0.3 is 7.12 Å². The Morgan fingerprint density at radius 1 is 0.594 bits per heavy atom. The molecule has 1 saturated heterocycles. The van der Waals surface area contributed by atoms with Crippen LogP contribution in [0, 0.1) is 6.92 Å². The molecule has 1 fully saturated rings. The summed E-state index contributed by atoms with van der Waals surface area (Å²) in [6.45, 7) is 10.5. The Morgan fingerprint density at radius 3 is 1.97 bits per heavy atom. The molecule has 0 atom stereocenters. The lowest BCUT2D eigenvalue weighted by atomic mass is 9.77. The zero-order valence-corrected chi connectivity index (χ0v) is 19.5. The van der Waals surface area contributed by atoms with Gasteiger partial charge in [-0.25, -0.2) is 0 Å². The van der Waals surface area contributed by atoms with Gasteiger partial charge in [-0.15, -0.1) is 0 Å². The normalized spacial score (nSPS) is 17.1. The fourth-order valence-corrected chi connectivity index (χ4v) is 4.37. The van der Waals surface area contributed by atoms with Crippen LogP contribution in [0.1, 0.15) is 33.3 Å². The lowest BCUT2D eigenvalue weighted by molar-refractivity contribution is 0.00578. The Labute approximate surface area is 191 Å². The van der Waals surface area contributed by atoms with Crippen LogP contribution in [0.4, 0.5) is 0 Å². The number of fused-ring (bicyclic) bond motifs is 1. The van der Waals surface area contributed by atoms with Crippen LogP contribution in [-0.2, 0) is 9.31 Å². The van der Waals surface area contributed by atoms with Crippen LogP contribution in [0.2, 0.25) is 0 Å². The van der Waals surface area contributed by atoms with Gasteiger partial charge in [0.1, 0.15) is 0 Å². The van der Waals surface area contributed by atoms with Crippen LogP contribution in [0.25, 0.3) is 33.0 Å². The van der Waals surface area contributed by atoms with E-state index in [-0.39, 0.29) is 18.3 Å². The highest BCUT2D eigenvalue weighted by atomic mass is 16.7. The molecule has 0 radical (unpaired) electrons. The highest BCUT2D eigenvalue weighted by Gasteiger charge is 2.51. The molecule has 1 aliphatic rings. The van der Waals surface area contributed by atoms with Crippen LogP contribution >= 0.6 is 0 Å². The number of hydrogen-bond acceptors (Lipinski definition) is 2. The van der Waals surface area contributed by atoms with Crippen molar-refractivity contribution >= 4 is 23.4 Å². The summed E-state index contributed by atoms with van der Waals surface area (Å²) >= 11 is 0. The lowest BCUT2D eigenvalue weighted by Gasteiger charge is -2.32. The van der Waals surface area contributed by atoms with Crippen molar-refractivity contribution in [3.8, 4) is 22.3 Å². The van der Waals surface area contributed by atoms with Gasteiger partial charge in [0.25, 0.3) is 0 Å². The summed E-state index contributed by atoms with van der Waals surface area (Å²) in [5.41, 5.74) is 6.51. The minimum absolute atomic E-state index is 0.342. The molecule has 160 valence electrons. The molecule has 4 aromatic rings. The van der Waals surface area contributed by atoms with Gasteiger partial charge in [-0.1, -0.05) is 78.9 Å². The molecular weight excluding hydrogens is 391 g/mol. The molecule has 0 saturated carbocycles. The molecule has 0 amide bonds. The van der Waals surface area contributed by atoms with Gasteiger partial charge in [-0.05, 0) is 84.7 Å². The van der Waals surface area contributed by atoms with Crippen molar-refractivity contribution in [2.24, 2.45) is 0 Å². The topological polar surface area (TPSA) is 18.5 Å². The Kier molecular flexibility index (Phi) is 5.00. The largest absolute Gasteiger partial charge is 0.494 e. The van der Waals surface area contributed by atoms with Gasteiger partial charge in [0.15, 0.2) is 0 Å². The maximum Gasteiger partial charge on any atom is 0.494 e. The van der Waals surface area contributed by atoms with E-state index < -0.39 is 0 Å². The fraction of sp³-hybridized carbons (Fsp3) is 0.241. The first-order valence-corrected chi connectivity index (χ1v) is 11.3. The van der Waals surface area contributed by atoms with E-state index in [1.807, 2.05) is 0 Å². The second-order valence-corrected chi connectivity index (χ2v) is 9.81. The third-order valence-electron chi connectivity index (χ3n) is 7.03. The Hall–Kier alpha value is -2.88. The molecule has 32 heavy (non-hydrogen) atoms. The summed E-state index contributed by atoms with van der Waals surface area (Å²) in [7, 11) is -0.350. The highest BCUT2D eigenvalue weighted by molar-refractivity contribution is 6.62. The van der Waals surface area contributed by atoms with Crippen molar-refractivity contribution in [2.45, 2.75) is 45.8 Å². The van der Waals surface area contributed by atoms with Crippen LogP contribution in [0.3, 0.4) is 0 Å². The number of aryl methyl sites for hydroxylation is 1. The van der Waals surface area contributed by atoms with Crippen LogP contribution < -0.4 is 5.46 Å². The van der Waals surface area contributed by atoms with E-state index in [4.69, 9.17) is 9.31 Å². The molecule has 1 aliphatic heterocycles. The van der Waals surface area contributed by atoms with E-state index in [2.05, 4.69) is 120 Å². The first-order chi connectivity index (χ1) is 15.2. The number of hydrogen-bond donors (Lipinski definition) is 0. The summed E-state index contributed by atoms with van der Waals surface area (Å²) in [5, 5.41) is 2.53. The third kappa shape index (κ3) is 3.66. The number of benzene rings is 4. The maximum absolute atomic E-state index is 6.26. The quantitative estimate of drug-likeness (QED) is 0.340. The van der Waals surface area contributed by atoms with Crippen LogP contribution in [0.15, 0.2) is 84.9 Å². The average molecular weight is 420 g/mol. The molecule has 3 heteroatoms. The molecule has 0 aromatic heterocycles. The highest BCUT2D eigenvalue weighted by Crippen LogP contribution is 2.37. The SMILES string of the molecule is Cc1cc(-c2ccc3ccccc3c2)ccc1-c1cccc(B2OC(C)(C)C(C)(C)O2)c1. The second kappa shape index (κ2) is 7.62. The van der Waals surface area contributed by atoms with E-state index >= 15 is 0 Å². The summed E-state index contributed by atoms with van der Waals surface area (Å²) in [6.07, 6.45) is 0. The molecule has 2 nitrogen and oxygen atoms in total. The van der Waals surface area contributed by atoms with Gasteiger partial charge in [-0.2, -0.15) is 0 Å². The first kappa shape index (κ1) is 21.0. The molecular formula is C29H29BO2. The van der Waals surface area contributed by atoms with Gasteiger partial charge in [0.05, 0.1) is 11.2 Å². The summed E-state index contributed by atoms with van der Waals surface area (Å²) in [5.74, 6) is 0. The minimum atomic E-state index is -0.350. The fourth-order valence-electron chi connectivity index (χ4n) is 4.37. The lowest BCUT2D eigenvalue weighted by Crippen LogP contribution is -2.41. The molecule has 0 bridgehead atoms. The zero-order valence-electron chi connectivity index (χ0n) is 19.5. The molecule has 1 heterocycles. The van der Waals surface area contributed by atoms with Crippen molar-refractivity contribution in [3.05, 3.63) is 90.5 Å². The van der Waals surface area contributed by atoms with Gasteiger partial charge in [-0.3, -0.25) is 0 Å². The standard InChI is InChI=1S/C29H29BO2/c1-20-17-23(24-14-13-21-9-6-7-10-22(21)18-24)15-16-27(20)25-11-8-12-26(19-25)30-31-28(2,3)29(4,5)32-30/h6-19H,1-5H3. The van der Waals surface area contributed by atoms with E-state index in [1.54, 1.807) is 0 Å². The Morgan fingerprint density at radius 2 is 1.25 bits per heavy atom. The first-order valence-electron chi connectivity index (χ1n) is 11.3. The van der Waals surface area contributed by atoms with Crippen molar-refractivity contribution in [1.29, 1.82) is 0 Å². The van der Waals surface area contributed by atoms with Crippen molar-refractivity contribution in [2.75, 3.05) is 0 Å². The molecule has 5 rings (SSSR count). The molecule has 0 aliphatic carbocycles. The Balaban J connectivity index is 1.46. The van der Waals surface area contributed by atoms with Gasteiger partial charge < -0.3 is 9.31 Å². The monoisotopic (exact) mass is 420 g/mol. The Bertz CT molecular complexity index is 1290. The predicted molar refractivity (Wildman–Crippen MR) is 135 cm³/mol. The predicted octanol–water partition coefficient (Wildman–Crippen LogP) is 6.78. The molecule has 0 N–H and O–H groups in total. The van der Waals surface area contributed by atoms with Crippen LogP contribution in [-0.4, -0.2) is 18.3 Å². The van der Waals surface area contributed by atoms with E-state index in [9.17, 15) is 0 Å². The van der Waals surface area contributed by atoms with Crippen LogP contribution in [0.5, 0.6) is 0 Å². The van der Waals surface area contributed by atoms with Crippen molar-refractivity contribution in [1.82, 2.24) is 0 Å². The van der Waals surface area contributed by atoms with E-state index in [0.717, 1.165) is 5.46 Å². The van der Waals surface area contributed by atoms with Gasteiger partial charge in [0, 0.05) is 0 Å². The van der Waals surface area contributed by atoms with E-state index in [1.165, 1.54) is 38.6 Å². The zero-order chi connectivity index (χ0) is 22.5.